The van der Waals surface area contributed by atoms with Crippen LogP contribution in [0.4, 0.5) is 0 Å². The lowest BCUT2D eigenvalue weighted by Gasteiger charge is -2.08. The van der Waals surface area contributed by atoms with Crippen LogP contribution in [0.2, 0.25) is 0 Å². The van der Waals surface area contributed by atoms with E-state index in [9.17, 15) is 0 Å². The standard InChI is InChI=1S/C15H15N3/c1-3-11-9-10-13-15(17-18(2)16-13)14(11)12-7-5-4-6-8-12/h4-10H,3H2,1-2H3. The van der Waals surface area contributed by atoms with Crippen LogP contribution in [-0.4, -0.2) is 15.0 Å². The Morgan fingerprint density at radius 3 is 2.50 bits per heavy atom. The normalized spacial score (nSPS) is 11.0. The Hall–Kier alpha value is -2.16. The summed E-state index contributed by atoms with van der Waals surface area (Å²) < 4.78 is 0. The SMILES string of the molecule is CCc1ccc2nn(C)nc2c1-c1ccccc1. The molecule has 0 unspecified atom stereocenters. The smallest absolute Gasteiger partial charge is 0.121 e. The average Bonchev–Trinajstić information content (AvgIpc) is 2.78. The Bertz CT molecular complexity index is 684. The summed E-state index contributed by atoms with van der Waals surface area (Å²) >= 11 is 0. The second kappa shape index (κ2) is 4.26. The molecule has 0 N–H and O–H groups in total. The predicted octanol–water partition coefficient (Wildman–Crippen LogP) is 3.20. The summed E-state index contributed by atoms with van der Waals surface area (Å²) in [6.45, 7) is 2.17. The van der Waals surface area contributed by atoms with Gasteiger partial charge in [-0.2, -0.15) is 15.0 Å². The molecule has 3 nitrogen and oxygen atoms in total. The van der Waals surface area contributed by atoms with Gasteiger partial charge < -0.3 is 0 Å². The molecule has 3 heteroatoms. The van der Waals surface area contributed by atoms with Crippen LogP contribution < -0.4 is 0 Å². The molecule has 0 bridgehead atoms. The Labute approximate surface area is 106 Å². The van der Waals surface area contributed by atoms with Crippen LogP contribution in [-0.2, 0) is 13.5 Å². The van der Waals surface area contributed by atoms with Gasteiger partial charge in [0.05, 0.1) is 0 Å². The van der Waals surface area contributed by atoms with Crippen LogP contribution in [0.15, 0.2) is 42.5 Å². The van der Waals surface area contributed by atoms with Gasteiger partial charge in [0.25, 0.3) is 0 Å². The van der Waals surface area contributed by atoms with Gasteiger partial charge in [0, 0.05) is 12.6 Å². The fraction of sp³-hybridized carbons (Fsp3) is 0.200. The minimum Gasteiger partial charge on any atom is -0.187 e. The first-order valence-electron chi connectivity index (χ1n) is 6.18. The number of nitrogens with zero attached hydrogens (tertiary/aromatic N) is 3. The van der Waals surface area contributed by atoms with E-state index in [0.29, 0.717) is 0 Å². The van der Waals surface area contributed by atoms with Gasteiger partial charge in [-0.1, -0.05) is 43.3 Å². The summed E-state index contributed by atoms with van der Waals surface area (Å²) in [4.78, 5) is 1.64. The van der Waals surface area contributed by atoms with Crippen molar-refractivity contribution in [2.45, 2.75) is 13.3 Å². The van der Waals surface area contributed by atoms with Gasteiger partial charge >= 0.3 is 0 Å². The molecule has 1 aromatic heterocycles. The molecule has 18 heavy (non-hydrogen) atoms. The van der Waals surface area contributed by atoms with E-state index in [2.05, 4.69) is 47.5 Å². The second-order valence-corrected chi connectivity index (χ2v) is 4.38. The summed E-state index contributed by atoms with van der Waals surface area (Å²) in [5, 5.41) is 8.88. The van der Waals surface area contributed by atoms with Crippen LogP contribution in [0.5, 0.6) is 0 Å². The number of fused-ring (bicyclic) bond motifs is 1. The fourth-order valence-electron chi connectivity index (χ4n) is 2.35. The molecule has 0 aliphatic heterocycles. The lowest BCUT2D eigenvalue weighted by atomic mass is 9.96. The third-order valence-corrected chi connectivity index (χ3v) is 3.18. The molecule has 3 rings (SSSR count). The van der Waals surface area contributed by atoms with Crippen molar-refractivity contribution in [3.8, 4) is 11.1 Å². The summed E-state index contributed by atoms with van der Waals surface area (Å²) in [6.07, 6.45) is 0.997. The average molecular weight is 237 g/mol. The van der Waals surface area contributed by atoms with Gasteiger partial charge in [0.15, 0.2) is 0 Å². The lowest BCUT2D eigenvalue weighted by molar-refractivity contribution is 0.665. The number of aromatic nitrogens is 3. The number of rotatable bonds is 2. The van der Waals surface area contributed by atoms with Crippen molar-refractivity contribution in [2.75, 3.05) is 0 Å². The first kappa shape index (κ1) is 11.0. The molecule has 90 valence electrons. The quantitative estimate of drug-likeness (QED) is 0.685. The van der Waals surface area contributed by atoms with Crippen LogP contribution in [0, 0.1) is 0 Å². The topological polar surface area (TPSA) is 30.7 Å². The molecule has 0 aliphatic rings. The third-order valence-electron chi connectivity index (χ3n) is 3.18. The molecule has 1 heterocycles. The van der Waals surface area contributed by atoms with Crippen molar-refractivity contribution >= 4 is 11.0 Å². The third kappa shape index (κ3) is 1.68. The Balaban J connectivity index is 2.37. The van der Waals surface area contributed by atoms with E-state index in [1.807, 2.05) is 19.2 Å². The molecule has 0 saturated carbocycles. The van der Waals surface area contributed by atoms with Gasteiger partial charge in [-0.25, -0.2) is 0 Å². The van der Waals surface area contributed by atoms with Gasteiger partial charge in [-0.05, 0) is 23.6 Å². The zero-order valence-corrected chi connectivity index (χ0v) is 10.6. The van der Waals surface area contributed by atoms with Crippen molar-refractivity contribution in [1.29, 1.82) is 0 Å². The molecule has 0 atom stereocenters. The largest absolute Gasteiger partial charge is 0.187 e. The molecule has 0 spiro atoms. The molecular weight excluding hydrogens is 222 g/mol. The van der Waals surface area contributed by atoms with Crippen LogP contribution in [0.1, 0.15) is 12.5 Å². The van der Waals surface area contributed by atoms with E-state index in [1.54, 1.807) is 4.80 Å². The van der Waals surface area contributed by atoms with Crippen LogP contribution in [0.25, 0.3) is 22.2 Å². The molecule has 0 aliphatic carbocycles. The first-order valence-corrected chi connectivity index (χ1v) is 6.18. The van der Waals surface area contributed by atoms with Gasteiger partial charge in [0.1, 0.15) is 11.0 Å². The fourth-order valence-corrected chi connectivity index (χ4v) is 2.35. The second-order valence-electron chi connectivity index (χ2n) is 4.38. The van der Waals surface area contributed by atoms with E-state index < -0.39 is 0 Å². The van der Waals surface area contributed by atoms with E-state index in [0.717, 1.165) is 17.5 Å². The molecular formula is C15H15N3. The highest BCUT2D eigenvalue weighted by atomic mass is 15.4. The number of aryl methyl sites for hydroxylation is 2. The van der Waals surface area contributed by atoms with Crippen molar-refractivity contribution in [3.05, 3.63) is 48.0 Å². The zero-order chi connectivity index (χ0) is 12.5. The van der Waals surface area contributed by atoms with Crippen molar-refractivity contribution in [2.24, 2.45) is 7.05 Å². The molecule has 2 aromatic carbocycles. The minimum absolute atomic E-state index is 0.952. The predicted molar refractivity (Wildman–Crippen MR) is 73.3 cm³/mol. The number of hydrogen-bond donors (Lipinski definition) is 0. The maximum atomic E-state index is 4.50. The Morgan fingerprint density at radius 1 is 1.00 bits per heavy atom. The summed E-state index contributed by atoms with van der Waals surface area (Å²) in [5.74, 6) is 0. The lowest BCUT2D eigenvalue weighted by Crippen LogP contribution is -1.92. The maximum absolute atomic E-state index is 4.50. The highest BCUT2D eigenvalue weighted by Gasteiger charge is 2.12. The summed E-state index contributed by atoms with van der Waals surface area (Å²) in [7, 11) is 1.86. The monoisotopic (exact) mass is 237 g/mol. The molecule has 0 fully saturated rings. The van der Waals surface area contributed by atoms with Crippen molar-refractivity contribution in [1.82, 2.24) is 15.0 Å². The van der Waals surface area contributed by atoms with Crippen molar-refractivity contribution < 1.29 is 0 Å². The molecule has 0 amide bonds. The highest BCUT2D eigenvalue weighted by Crippen LogP contribution is 2.30. The Kier molecular flexibility index (Phi) is 2.59. The molecule has 0 radical (unpaired) electrons. The van der Waals surface area contributed by atoms with Crippen molar-refractivity contribution in [3.63, 3.8) is 0 Å². The summed E-state index contributed by atoms with van der Waals surface area (Å²) in [5.41, 5.74) is 5.68. The number of hydrogen-bond acceptors (Lipinski definition) is 2. The number of benzene rings is 2. The van der Waals surface area contributed by atoms with E-state index in [4.69, 9.17) is 0 Å². The van der Waals surface area contributed by atoms with Gasteiger partial charge in [-0.15, -0.1) is 0 Å². The minimum atomic E-state index is 0.952. The summed E-state index contributed by atoms with van der Waals surface area (Å²) in [6, 6.07) is 14.6. The van der Waals surface area contributed by atoms with Gasteiger partial charge in [-0.3, -0.25) is 0 Å². The molecule has 0 saturated heterocycles. The first-order chi connectivity index (χ1) is 8.79. The van der Waals surface area contributed by atoms with Crippen LogP contribution in [0.3, 0.4) is 0 Å². The zero-order valence-electron chi connectivity index (χ0n) is 10.6. The molecule has 3 aromatic rings. The Morgan fingerprint density at radius 2 is 1.78 bits per heavy atom. The van der Waals surface area contributed by atoms with Crippen LogP contribution >= 0.6 is 0 Å². The van der Waals surface area contributed by atoms with E-state index in [1.165, 1.54) is 16.7 Å². The van der Waals surface area contributed by atoms with Gasteiger partial charge in [0.2, 0.25) is 0 Å². The maximum Gasteiger partial charge on any atom is 0.121 e. The van der Waals surface area contributed by atoms with E-state index >= 15 is 0 Å². The van der Waals surface area contributed by atoms with E-state index in [-0.39, 0.29) is 0 Å². The highest BCUT2D eigenvalue weighted by molar-refractivity contribution is 5.93.